The van der Waals surface area contributed by atoms with Crippen LogP contribution < -0.4 is 4.72 Å². The Morgan fingerprint density at radius 3 is 2.73 bits per heavy atom. The topological polar surface area (TPSA) is 99.5 Å². The third-order valence-corrected chi connectivity index (χ3v) is 6.30. The van der Waals surface area contributed by atoms with Crippen molar-refractivity contribution in [1.82, 2.24) is 9.62 Å². The van der Waals surface area contributed by atoms with Crippen molar-refractivity contribution in [3.63, 3.8) is 0 Å². The maximum atomic E-state index is 12.6. The quantitative estimate of drug-likeness (QED) is 0.839. The van der Waals surface area contributed by atoms with E-state index >= 15 is 0 Å². The molecule has 1 aromatic carbocycles. The van der Waals surface area contributed by atoms with E-state index in [0.29, 0.717) is 38.1 Å². The van der Waals surface area contributed by atoms with Gasteiger partial charge < -0.3 is 9.64 Å². The predicted molar refractivity (Wildman–Crippen MR) is 94.8 cm³/mol. The molecule has 3 rings (SSSR count). The Morgan fingerprint density at radius 1 is 1.31 bits per heavy atom. The van der Waals surface area contributed by atoms with Gasteiger partial charge in [-0.2, -0.15) is 5.26 Å². The number of amides is 1. The van der Waals surface area contributed by atoms with E-state index in [4.69, 9.17) is 10.00 Å². The fourth-order valence-corrected chi connectivity index (χ4v) is 4.39. The van der Waals surface area contributed by atoms with Gasteiger partial charge in [0.25, 0.3) is 5.91 Å². The predicted octanol–water partition coefficient (Wildman–Crippen LogP) is 1.52. The molecule has 140 valence electrons. The Kier molecular flexibility index (Phi) is 5.91. The SMILES string of the molecule is N#CC1CCN(C(=O)c2cccc(S(=O)(=O)NCC3CCCO3)c2)CC1. The van der Waals surface area contributed by atoms with Gasteiger partial charge in [0.2, 0.25) is 10.0 Å². The van der Waals surface area contributed by atoms with Gasteiger partial charge in [-0.25, -0.2) is 13.1 Å². The smallest absolute Gasteiger partial charge is 0.253 e. The van der Waals surface area contributed by atoms with Gasteiger partial charge in [0.15, 0.2) is 0 Å². The number of piperidine rings is 1. The minimum atomic E-state index is -3.69. The number of benzene rings is 1. The van der Waals surface area contributed by atoms with Crippen LogP contribution >= 0.6 is 0 Å². The second-order valence-corrected chi connectivity index (χ2v) is 8.48. The number of nitrogens with one attached hydrogen (secondary N) is 1. The van der Waals surface area contributed by atoms with E-state index in [1.807, 2.05) is 0 Å². The Bertz CT molecular complexity index is 789. The second kappa shape index (κ2) is 8.16. The molecule has 1 aromatic rings. The standard InChI is InChI=1S/C18H23N3O4S/c19-12-14-6-8-21(9-7-14)18(22)15-3-1-5-17(11-15)26(23,24)20-13-16-4-2-10-25-16/h1,3,5,11,14,16,20H,2,4,6-10,13H2. The number of nitrogens with zero attached hydrogens (tertiary/aromatic N) is 2. The molecule has 2 aliphatic rings. The van der Waals surface area contributed by atoms with Gasteiger partial charge in [-0.15, -0.1) is 0 Å². The molecule has 0 aromatic heterocycles. The molecular weight excluding hydrogens is 354 g/mol. The first-order valence-electron chi connectivity index (χ1n) is 8.90. The maximum absolute atomic E-state index is 12.6. The summed E-state index contributed by atoms with van der Waals surface area (Å²) in [6, 6.07) is 8.33. The van der Waals surface area contributed by atoms with Crippen molar-refractivity contribution in [2.75, 3.05) is 26.2 Å². The molecule has 0 bridgehead atoms. The first-order chi connectivity index (χ1) is 12.5. The van der Waals surface area contributed by atoms with Crippen molar-refractivity contribution in [3.05, 3.63) is 29.8 Å². The van der Waals surface area contributed by atoms with Gasteiger partial charge in [-0.05, 0) is 43.9 Å². The third-order valence-electron chi connectivity index (χ3n) is 4.88. The van der Waals surface area contributed by atoms with Crippen molar-refractivity contribution in [1.29, 1.82) is 5.26 Å². The number of hydrogen-bond donors (Lipinski definition) is 1. The second-order valence-electron chi connectivity index (χ2n) is 6.71. The molecule has 26 heavy (non-hydrogen) atoms. The number of carbonyl (C=O) groups excluding carboxylic acids is 1. The molecule has 0 saturated carbocycles. The molecule has 1 N–H and O–H groups in total. The molecule has 7 nitrogen and oxygen atoms in total. The zero-order valence-corrected chi connectivity index (χ0v) is 15.4. The van der Waals surface area contributed by atoms with Crippen LogP contribution in [0.1, 0.15) is 36.0 Å². The Labute approximate surface area is 154 Å². The Hall–Kier alpha value is -1.95. The molecule has 0 radical (unpaired) electrons. The average molecular weight is 377 g/mol. The first-order valence-corrected chi connectivity index (χ1v) is 10.4. The summed E-state index contributed by atoms with van der Waals surface area (Å²) in [5.41, 5.74) is 0.348. The van der Waals surface area contributed by atoms with Gasteiger partial charge in [0.1, 0.15) is 0 Å². The van der Waals surface area contributed by atoms with E-state index in [0.717, 1.165) is 12.8 Å². The van der Waals surface area contributed by atoms with Crippen LogP contribution in [0.5, 0.6) is 0 Å². The first kappa shape index (κ1) is 18.8. The fraction of sp³-hybridized carbons (Fsp3) is 0.556. The number of nitriles is 1. The van der Waals surface area contributed by atoms with E-state index in [2.05, 4.69) is 10.8 Å². The van der Waals surface area contributed by atoms with Crippen LogP contribution in [-0.2, 0) is 14.8 Å². The summed E-state index contributed by atoms with van der Waals surface area (Å²) in [4.78, 5) is 14.4. The number of ether oxygens (including phenoxy) is 1. The van der Waals surface area contributed by atoms with Crippen molar-refractivity contribution >= 4 is 15.9 Å². The Morgan fingerprint density at radius 2 is 2.08 bits per heavy atom. The van der Waals surface area contributed by atoms with E-state index in [1.54, 1.807) is 17.0 Å². The number of rotatable bonds is 5. The molecule has 8 heteroatoms. The third kappa shape index (κ3) is 4.41. The van der Waals surface area contributed by atoms with Crippen molar-refractivity contribution in [2.24, 2.45) is 5.92 Å². The van der Waals surface area contributed by atoms with E-state index < -0.39 is 10.0 Å². The highest BCUT2D eigenvalue weighted by Gasteiger charge is 2.25. The average Bonchev–Trinajstić information content (AvgIpc) is 3.20. The normalized spacial score (nSPS) is 21.5. The monoisotopic (exact) mass is 377 g/mol. The highest BCUT2D eigenvalue weighted by atomic mass is 32.2. The molecule has 1 atom stereocenters. The van der Waals surface area contributed by atoms with Crippen LogP contribution in [0.3, 0.4) is 0 Å². The van der Waals surface area contributed by atoms with Crippen LogP contribution in [0, 0.1) is 17.2 Å². The Balaban J connectivity index is 1.67. The lowest BCUT2D eigenvalue weighted by Gasteiger charge is -2.29. The maximum Gasteiger partial charge on any atom is 0.253 e. The summed E-state index contributed by atoms with van der Waals surface area (Å²) in [7, 11) is -3.69. The number of carbonyl (C=O) groups is 1. The largest absolute Gasteiger partial charge is 0.377 e. The molecule has 2 saturated heterocycles. The van der Waals surface area contributed by atoms with Crippen molar-refractivity contribution < 1.29 is 17.9 Å². The summed E-state index contributed by atoms with van der Waals surface area (Å²) >= 11 is 0. The van der Waals surface area contributed by atoms with Gasteiger partial charge in [-0.1, -0.05) is 6.07 Å². The minimum Gasteiger partial charge on any atom is -0.377 e. The molecule has 2 aliphatic heterocycles. The summed E-state index contributed by atoms with van der Waals surface area (Å²) in [5.74, 6) is -0.203. The molecule has 1 amide bonds. The van der Waals surface area contributed by atoms with E-state index in [-0.39, 0.29) is 29.4 Å². The van der Waals surface area contributed by atoms with Gasteiger partial charge >= 0.3 is 0 Å². The fourth-order valence-electron chi connectivity index (χ4n) is 3.28. The molecule has 0 aliphatic carbocycles. The van der Waals surface area contributed by atoms with Crippen LogP contribution in [0.4, 0.5) is 0 Å². The molecule has 2 heterocycles. The van der Waals surface area contributed by atoms with E-state index in [9.17, 15) is 13.2 Å². The molecule has 2 fully saturated rings. The minimum absolute atomic E-state index is 0.00670. The summed E-state index contributed by atoms with van der Waals surface area (Å²) < 4.78 is 33.0. The lowest BCUT2D eigenvalue weighted by molar-refractivity contribution is 0.0707. The number of likely N-dealkylation sites (tertiary alicyclic amines) is 1. The van der Waals surface area contributed by atoms with Gasteiger partial charge in [0.05, 0.1) is 17.1 Å². The van der Waals surface area contributed by atoms with Crippen LogP contribution in [0.2, 0.25) is 0 Å². The van der Waals surface area contributed by atoms with Crippen molar-refractivity contribution in [3.8, 4) is 6.07 Å². The lowest BCUT2D eigenvalue weighted by Crippen LogP contribution is -2.38. The lowest BCUT2D eigenvalue weighted by atomic mass is 9.98. The molecule has 1 unspecified atom stereocenters. The van der Waals surface area contributed by atoms with Crippen LogP contribution in [0.15, 0.2) is 29.2 Å². The number of hydrogen-bond acceptors (Lipinski definition) is 5. The molecular formula is C18H23N3O4S. The highest BCUT2D eigenvalue weighted by Crippen LogP contribution is 2.20. The number of sulfonamides is 1. The summed E-state index contributed by atoms with van der Waals surface area (Å²) in [6.07, 6.45) is 3.02. The van der Waals surface area contributed by atoms with Crippen LogP contribution in [0.25, 0.3) is 0 Å². The van der Waals surface area contributed by atoms with Crippen molar-refractivity contribution in [2.45, 2.75) is 36.7 Å². The summed E-state index contributed by atoms with van der Waals surface area (Å²) in [5, 5.41) is 8.95. The molecule has 0 spiro atoms. The van der Waals surface area contributed by atoms with E-state index in [1.165, 1.54) is 12.1 Å². The van der Waals surface area contributed by atoms with Crippen LogP contribution in [-0.4, -0.2) is 51.6 Å². The van der Waals surface area contributed by atoms with Gasteiger partial charge in [0, 0.05) is 37.7 Å². The summed E-state index contributed by atoms with van der Waals surface area (Å²) in [6.45, 7) is 1.94. The zero-order chi connectivity index (χ0) is 18.6. The zero-order valence-electron chi connectivity index (χ0n) is 14.6. The highest BCUT2D eigenvalue weighted by molar-refractivity contribution is 7.89. The van der Waals surface area contributed by atoms with Gasteiger partial charge in [-0.3, -0.25) is 4.79 Å².